The van der Waals surface area contributed by atoms with E-state index in [0.717, 1.165) is 33.8 Å². The van der Waals surface area contributed by atoms with Gasteiger partial charge in [-0.15, -0.1) is 0 Å². The van der Waals surface area contributed by atoms with Gasteiger partial charge in [-0.2, -0.15) is 0 Å². The second-order valence-electron chi connectivity index (χ2n) is 7.47. The molecule has 0 fully saturated rings. The molecule has 5 heteroatoms. The van der Waals surface area contributed by atoms with E-state index in [-0.39, 0.29) is 11.9 Å². The van der Waals surface area contributed by atoms with Gasteiger partial charge in [0, 0.05) is 28.9 Å². The molecule has 1 atom stereocenters. The maximum atomic E-state index is 13.8. The Labute approximate surface area is 181 Å². The Morgan fingerprint density at radius 2 is 1.61 bits per heavy atom. The highest BCUT2D eigenvalue weighted by Crippen LogP contribution is 2.45. The van der Waals surface area contributed by atoms with Crippen LogP contribution in [0.25, 0.3) is 0 Å². The third-order valence-electron chi connectivity index (χ3n) is 5.69. The fourth-order valence-electron chi connectivity index (χ4n) is 4.36. The van der Waals surface area contributed by atoms with E-state index in [2.05, 4.69) is 5.32 Å². The van der Waals surface area contributed by atoms with Crippen LogP contribution in [0.1, 0.15) is 17.2 Å². The fourth-order valence-corrected chi connectivity index (χ4v) is 4.36. The lowest BCUT2D eigenvalue weighted by atomic mass is 9.91. The van der Waals surface area contributed by atoms with E-state index in [1.807, 2.05) is 89.8 Å². The maximum absolute atomic E-state index is 13.8. The van der Waals surface area contributed by atoms with Gasteiger partial charge >= 0.3 is 0 Å². The number of hydrogen-bond acceptors (Lipinski definition) is 4. The predicted octanol–water partition coefficient (Wildman–Crippen LogP) is 4.13. The first-order chi connectivity index (χ1) is 15.3. The monoisotopic (exact) mass is 409 g/mol. The number of benzene rings is 3. The number of carbonyl (C=O) groups is 1. The standard InChI is InChI=1S/C26H23N3O2/c1-31-21-15-9-8-14-20(21)25-22-23(18-10-4-2-5-11-18)27-16-17-28-24(22)26(30)29(25)19-12-6-3-7-13-19/h2-15,25,28H,16-17H2,1H3/t25-/m0/s1. The van der Waals surface area contributed by atoms with Gasteiger partial charge in [0.2, 0.25) is 0 Å². The molecule has 5 nitrogen and oxygen atoms in total. The molecule has 0 bridgehead atoms. The number of aliphatic imine (C=N–C) groups is 1. The van der Waals surface area contributed by atoms with Crippen LogP contribution in [-0.2, 0) is 4.79 Å². The third-order valence-corrected chi connectivity index (χ3v) is 5.69. The average molecular weight is 409 g/mol. The lowest BCUT2D eigenvalue weighted by molar-refractivity contribution is -0.115. The van der Waals surface area contributed by atoms with Crippen LogP contribution < -0.4 is 15.0 Å². The topological polar surface area (TPSA) is 53.9 Å². The highest BCUT2D eigenvalue weighted by molar-refractivity contribution is 6.23. The van der Waals surface area contributed by atoms with Crippen LogP contribution in [-0.4, -0.2) is 31.8 Å². The van der Waals surface area contributed by atoms with Crippen molar-refractivity contribution in [3.05, 3.63) is 107 Å². The molecule has 0 unspecified atom stereocenters. The van der Waals surface area contributed by atoms with Gasteiger partial charge in [-0.25, -0.2) is 0 Å². The molecule has 154 valence electrons. The number of carbonyl (C=O) groups excluding carboxylic acids is 1. The molecule has 5 rings (SSSR count). The zero-order chi connectivity index (χ0) is 21.2. The van der Waals surface area contributed by atoms with E-state index in [1.165, 1.54) is 0 Å². The van der Waals surface area contributed by atoms with E-state index in [0.29, 0.717) is 18.8 Å². The van der Waals surface area contributed by atoms with Crippen molar-refractivity contribution in [2.24, 2.45) is 4.99 Å². The quantitative estimate of drug-likeness (QED) is 0.705. The largest absolute Gasteiger partial charge is 0.496 e. The molecule has 2 aliphatic heterocycles. The SMILES string of the molecule is COc1ccccc1[C@H]1C2=C(NCCN=C2c2ccccc2)C(=O)N1c1ccccc1. The maximum Gasteiger partial charge on any atom is 0.275 e. The number of hydrogen-bond donors (Lipinski definition) is 1. The summed E-state index contributed by atoms with van der Waals surface area (Å²) in [7, 11) is 1.66. The smallest absolute Gasteiger partial charge is 0.275 e. The number of anilines is 1. The van der Waals surface area contributed by atoms with Crippen molar-refractivity contribution >= 4 is 17.3 Å². The highest BCUT2D eigenvalue weighted by atomic mass is 16.5. The van der Waals surface area contributed by atoms with E-state index >= 15 is 0 Å². The second kappa shape index (κ2) is 8.11. The molecule has 2 aliphatic rings. The molecular weight excluding hydrogens is 386 g/mol. The Balaban J connectivity index is 1.76. The lowest BCUT2D eigenvalue weighted by Crippen LogP contribution is -2.33. The van der Waals surface area contributed by atoms with Crippen LogP contribution in [0.4, 0.5) is 5.69 Å². The molecule has 0 radical (unpaired) electrons. The number of amides is 1. The first-order valence-corrected chi connectivity index (χ1v) is 10.4. The van der Waals surface area contributed by atoms with Crippen LogP contribution in [0.5, 0.6) is 5.75 Å². The van der Waals surface area contributed by atoms with Crippen molar-refractivity contribution in [1.82, 2.24) is 5.32 Å². The van der Waals surface area contributed by atoms with Crippen molar-refractivity contribution in [2.75, 3.05) is 25.1 Å². The lowest BCUT2D eigenvalue weighted by Gasteiger charge is -2.29. The predicted molar refractivity (Wildman–Crippen MR) is 123 cm³/mol. The normalized spacial score (nSPS) is 18.2. The molecule has 2 heterocycles. The molecule has 1 N–H and O–H groups in total. The fraction of sp³-hybridized carbons (Fsp3) is 0.154. The van der Waals surface area contributed by atoms with E-state index in [1.54, 1.807) is 7.11 Å². The van der Waals surface area contributed by atoms with E-state index in [4.69, 9.17) is 9.73 Å². The van der Waals surface area contributed by atoms with E-state index in [9.17, 15) is 4.79 Å². The average Bonchev–Trinajstić information content (AvgIpc) is 2.97. The van der Waals surface area contributed by atoms with Crippen LogP contribution in [0.15, 0.2) is 101 Å². The van der Waals surface area contributed by atoms with Gasteiger partial charge < -0.3 is 10.1 Å². The Hall–Kier alpha value is -3.86. The summed E-state index contributed by atoms with van der Waals surface area (Å²) in [6.07, 6.45) is 0. The van der Waals surface area contributed by atoms with E-state index < -0.39 is 0 Å². The number of nitrogens with one attached hydrogen (secondary N) is 1. The minimum Gasteiger partial charge on any atom is -0.496 e. The molecule has 0 aliphatic carbocycles. The Kier molecular flexibility index (Phi) is 5.00. The second-order valence-corrected chi connectivity index (χ2v) is 7.47. The summed E-state index contributed by atoms with van der Waals surface area (Å²) >= 11 is 0. The number of para-hydroxylation sites is 2. The van der Waals surface area contributed by atoms with Gasteiger partial charge in [0.25, 0.3) is 5.91 Å². The number of methoxy groups -OCH3 is 1. The minimum absolute atomic E-state index is 0.0531. The summed E-state index contributed by atoms with van der Waals surface area (Å²) in [6, 6.07) is 27.4. The van der Waals surface area contributed by atoms with Gasteiger partial charge in [-0.05, 0) is 18.2 Å². The third kappa shape index (κ3) is 3.28. The van der Waals surface area contributed by atoms with Gasteiger partial charge in [-0.1, -0.05) is 66.7 Å². The van der Waals surface area contributed by atoms with Gasteiger partial charge in [0.05, 0.1) is 25.4 Å². The first-order valence-electron chi connectivity index (χ1n) is 10.4. The summed E-state index contributed by atoms with van der Waals surface area (Å²) < 4.78 is 5.71. The molecule has 0 spiro atoms. The van der Waals surface area contributed by atoms with Crippen molar-refractivity contribution in [3.63, 3.8) is 0 Å². The van der Waals surface area contributed by atoms with Crippen LogP contribution in [0.2, 0.25) is 0 Å². The highest BCUT2D eigenvalue weighted by Gasteiger charge is 2.44. The van der Waals surface area contributed by atoms with Crippen molar-refractivity contribution in [1.29, 1.82) is 0 Å². The minimum atomic E-state index is -0.356. The molecule has 0 saturated carbocycles. The summed E-state index contributed by atoms with van der Waals surface area (Å²) in [5, 5.41) is 3.36. The van der Waals surface area contributed by atoms with Crippen molar-refractivity contribution in [3.8, 4) is 5.75 Å². The summed E-state index contributed by atoms with van der Waals surface area (Å²) in [5.74, 6) is 0.689. The van der Waals surface area contributed by atoms with Gasteiger partial charge in [-0.3, -0.25) is 14.7 Å². The molecule has 0 saturated heterocycles. The Morgan fingerprint density at radius 1 is 0.935 bits per heavy atom. The molecule has 1 amide bonds. The number of rotatable bonds is 4. The zero-order valence-corrected chi connectivity index (χ0v) is 17.3. The van der Waals surface area contributed by atoms with Crippen molar-refractivity contribution in [2.45, 2.75) is 6.04 Å². The first kappa shape index (κ1) is 19.1. The van der Waals surface area contributed by atoms with Crippen LogP contribution in [0.3, 0.4) is 0 Å². The van der Waals surface area contributed by atoms with Crippen LogP contribution >= 0.6 is 0 Å². The summed E-state index contributed by atoms with van der Waals surface area (Å²) in [4.78, 5) is 20.5. The Morgan fingerprint density at radius 3 is 2.35 bits per heavy atom. The van der Waals surface area contributed by atoms with Gasteiger partial charge in [0.1, 0.15) is 11.4 Å². The molecule has 0 aromatic heterocycles. The number of ether oxygens (including phenoxy) is 1. The van der Waals surface area contributed by atoms with Crippen LogP contribution in [0, 0.1) is 0 Å². The van der Waals surface area contributed by atoms with Crippen molar-refractivity contribution < 1.29 is 9.53 Å². The zero-order valence-electron chi connectivity index (χ0n) is 17.3. The summed E-state index contributed by atoms with van der Waals surface area (Å²) in [6.45, 7) is 1.22. The number of nitrogens with zero attached hydrogens (tertiary/aromatic N) is 2. The molecular formula is C26H23N3O2. The molecule has 3 aromatic rings. The molecule has 3 aromatic carbocycles. The molecule has 31 heavy (non-hydrogen) atoms. The Bertz CT molecular complexity index is 1170. The summed E-state index contributed by atoms with van der Waals surface area (Å²) in [5.41, 5.74) is 5.12. The van der Waals surface area contributed by atoms with Gasteiger partial charge in [0.15, 0.2) is 0 Å².